The minimum Gasteiger partial charge on any atom is -0.480 e. The normalized spacial score (nSPS) is 21.0. The summed E-state index contributed by atoms with van der Waals surface area (Å²) in [6.07, 6.45) is 6.51. The van der Waals surface area contributed by atoms with Gasteiger partial charge in [0, 0.05) is 44.1 Å². The Balaban J connectivity index is 1.23. The van der Waals surface area contributed by atoms with E-state index < -0.39 is 5.97 Å². The molecule has 0 radical (unpaired) electrons. The van der Waals surface area contributed by atoms with Crippen molar-refractivity contribution in [3.8, 4) is 0 Å². The number of aliphatic carboxylic acids is 1. The topological polar surface area (TPSA) is 68.7 Å². The molecule has 0 atom stereocenters. The van der Waals surface area contributed by atoms with Gasteiger partial charge in [0.05, 0.1) is 6.54 Å². The largest absolute Gasteiger partial charge is 0.480 e. The number of hydrogen-bond acceptors (Lipinski definition) is 5. The van der Waals surface area contributed by atoms with Gasteiger partial charge in [0.15, 0.2) is 0 Å². The zero-order valence-corrected chi connectivity index (χ0v) is 17.0. The zero-order valence-electron chi connectivity index (χ0n) is 17.0. The highest BCUT2D eigenvalue weighted by atomic mass is 16.4. The van der Waals surface area contributed by atoms with Gasteiger partial charge < -0.3 is 15.3 Å². The van der Waals surface area contributed by atoms with Crippen molar-refractivity contribution in [2.24, 2.45) is 5.92 Å². The maximum absolute atomic E-state index is 11.1. The molecule has 2 aliphatic carbocycles. The molecule has 0 unspecified atom stereocenters. The average molecular weight is 395 g/mol. The van der Waals surface area contributed by atoms with Crippen LogP contribution in [0.1, 0.15) is 31.2 Å². The summed E-state index contributed by atoms with van der Waals surface area (Å²) in [7, 11) is 2.02. The van der Waals surface area contributed by atoms with E-state index in [-0.39, 0.29) is 6.54 Å². The smallest absolute Gasteiger partial charge is 0.317 e. The summed E-state index contributed by atoms with van der Waals surface area (Å²) in [6, 6.07) is 15.2. The highest BCUT2D eigenvalue weighted by Crippen LogP contribution is 2.33. The molecule has 0 bridgehead atoms. The Morgan fingerprint density at radius 3 is 2.55 bits per heavy atom. The van der Waals surface area contributed by atoms with Crippen LogP contribution in [0.5, 0.6) is 0 Å². The van der Waals surface area contributed by atoms with Gasteiger partial charge in [-0.2, -0.15) is 0 Å². The number of pyridine rings is 1. The molecule has 0 saturated heterocycles. The van der Waals surface area contributed by atoms with E-state index in [9.17, 15) is 9.90 Å². The van der Waals surface area contributed by atoms with E-state index in [1.54, 1.807) is 0 Å². The Kier molecular flexibility index (Phi) is 6.11. The Labute approximate surface area is 172 Å². The number of anilines is 2. The van der Waals surface area contributed by atoms with Gasteiger partial charge in [-0.25, -0.2) is 4.98 Å². The molecule has 0 amide bonds. The number of para-hydroxylation sites is 1. The summed E-state index contributed by atoms with van der Waals surface area (Å²) in [4.78, 5) is 20.0. The molecular formula is C23H30N4O2. The number of carbonyl (C=O) groups is 1. The summed E-state index contributed by atoms with van der Waals surface area (Å²) < 4.78 is 0. The fraction of sp³-hybridized carbons (Fsp3) is 0.478. The lowest BCUT2D eigenvalue weighted by Gasteiger charge is -2.43. The molecule has 2 aromatic rings. The van der Waals surface area contributed by atoms with E-state index >= 15 is 0 Å². The number of hydrogen-bond donors (Lipinski definition) is 2. The average Bonchev–Trinajstić information content (AvgIpc) is 3.51. The van der Waals surface area contributed by atoms with Crippen LogP contribution in [0.2, 0.25) is 0 Å². The van der Waals surface area contributed by atoms with E-state index in [4.69, 9.17) is 0 Å². The molecule has 6 heteroatoms. The van der Waals surface area contributed by atoms with Crippen LogP contribution in [-0.2, 0) is 11.3 Å². The first kappa shape index (κ1) is 19.9. The van der Waals surface area contributed by atoms with Gasteiger partial charge >= 0.3 is 5.97 Å². The van der Waals surface area contributed by atoms with Gasteiger partial charge in [-0.15, -0.1) is 0 Å². The van der Waals surface area contributed by atoms with Crippen LogP contribution in [0.25, 0.3) is 0 Å². The molecule has 6 nitrogen and oxygen atoms in total. The van der Waals surface area contributed by atoms with Crippen LogP contribution >= 0.6 is 0 Å². The highest BCUT2D eigenvalue weighted by molar-refractivity contribution is 5.69. The summed E-state index contributed by atoms with van der Waals surface area (Å²) in [5.41, 5.74) is 2.28. The van der Waals surface area contributed by atoms with Crippen molar-refractivity contribution in [2.45, 2.75) is 44.3 Å². The Bertz CT molecular complexity index is 801. The maximum atomic E-state index is 11.1. The fourth-order valence-electron chi connectivity index (χ4n) is 3.97. The van der Waals surface area contributed by atoms with Gasteiger partial charge in [-0.05, 0) is 55.4 Å². The second-order valence-electron chi connectivity index (χ2n) is 8.39. The third-order valence-electron chi connectivity index (χ3n) is 6.05. The molecule has 1 heterocycles. The van der Waals surface area contributed by atoms with Crippen LogP contribution in [0.3, 0.4) is 0 Å². The van der Waals surface area contributed by atoms with E-state index in [0.29, 0.717) is 12.1 Å². The van der Waals surface area contributed by atoms with E-state index in [2.05, 4.69) is 44.4 Å². The highest BCUT2D eigenvalue weighted by Gasteiger charge is 2.36. The molecule has 2 saturated carbocycles. The molecule has 1 aromatic heterocycles. The molecule has 0 spiro atoms. The predicted molar refractivity (Wildman–Crippen MR) is 114 cm³/mol. The van der Waals surface area contributed by atoms with Crippen LogP contribution < -0.4 is 10.2 Å². The lowest BCUT2D eigenvalue weighted by molar-refractivity contribution is -0.139. The standard InChI is InChI=1S/C23H30N4O2/c1-26(20-5-3-2-4-6-20)22-10-9-18(14-25-22)13-24-19-11-21(12-19)27(16-23(28)29)15-17-7-8-17/h2-6,9-10,14,17,19,21,24H,7-8,11-13,15-16H2,1H3,(H,28,29). The number of carboxylic acid groups (broad SMARTS) is 1. The number of rotatable bonds is 10. The summed E-state index contributed by atoms with van der Waals surface area (Å²) in [6.45, 7) is 1.92. The van der Waals surface area contributed by atoms with Gasteiger partial charge in [0.1, 0.15) is 5.82 Å². The minimum atomic E-state index is -0.714. The molecule has 0 aliphatic heterocycles. The summed E-state index contributed by atoms with van der Waals surface area (Å²) in [5, 5.41) is 12.8. The van der Waals surface area contributed by atoms with Crippen molar-refractivity contribution in [3.05, 3.63) is 54.2 Å². The summed E-state index contributed by atoms with van der Waals surface area (Å²) >= 11 is 0. The third kappa shape index (κ3) is 5.34. The van der Waals surface area contributed by atoms with Crippen molar-refractivity contribution in [1.29, 1.82) is 0 Å². The van der Waals surface area contributed by atoms with Crippen LogP contribution in [0.4, 0.5) is 11.5 Å². The first-order valence-corrected chi connectivity index (χ1v) is 10.5. The van der Waals surface area contributed by atoms with Crippen molar-refractivity contribution >= 4 is 17.5 Å². The maximum Gasteiger partial charge on any atom is 0.317 e. The molecular weight excluding hydrogens is 364 g/mol. The monoisotopic (exact) mass is 394 g/mol. The zero-order chi connectivity index (χ0) is 20.2. The quantitative estimate of drug-likeness (QED) is 0.645. The van der Waals surface area contributed by atoms with E-state index in [1.165, 1.54) is 18.4 Å². The molecule has 2 aliphatic rings. The number of benzene rings is 1. The molecule has 2 N–H and O–H groups in total. The van der Waals surface area contributed by atoms with Crippen molar-refractivity contribution in [3.63, 3.8) is 0 Å². The van der Waals surface area contributed by atoms with E-state index in [1.807, 2.05) is 31.4 Å². The second-order valence-corrected chi connectivity index (χ2v) is 8.39. The van der Waals surface area contributed by atoms with Crippen molar-refractivity contribution in [2.75, 3.05) is 25.0 Å². The SMILES string of the molecule is CN(c1ccccc1)c1ccc(CNC2CC(N(CC(=O)O)CC3CC3)C2)cn1. The lowest BCUT2D eigenvalue weighted by atomic mass is 9.85. The lowest BCUT2D eigenvalue weighted by Crippen LogP contribution is -2.54. The van der Waals surface area contributed by atoms with Crippen LogP contribution in [0.15, 0.2) is 48.7 Å². The van der Waals surface area contributed by atoms with Crippen molar-refractivity contribution < 1.29 is 9.90 Å². The number of carboxylic acids is 1. The predicted octanol–water partition coefficient (Wildman–Crippen LogP) is 3.27. The number of aromatic nitrogens is 1. The fourth-order valence-corrected chi connectivity index (χ4v) is 3.97. The first-order valence-electron chi connectivity index (χ1n) is 10.5. The van der Waals surface area contributed by atoms with Crippen LogP contribution in [-0.4, -0.2) is 53.2 Å². The number of nitrogens with zero attached hydrogens (tertiary/aromatic N) is 3. The minimum absolute atomic E-state index is 0.175. The Hall–Kier alpha value is -2.44. The Morgan fingerprint density at radius 2 is 1.93 bits per heavy atom. The van der Waals surface area contributed by atoms with Gasteiger partial charge in [-0.1, -0.05) is 24.3 Å². The van der Waals surface area contributed by atoms with Gasteiger partial charge in [-0.3, -0.25) is 9.69 Å². The third-order valence-corrected chi connectivity index (χ3v) is 6.05. The molecule has 29 heavy (non-hydrogen) atoms. The molecule has 4 rings (SSSR count). The van der Waals surface area contributed by atoms with Gasteiger partial charge in [0.25, 0.3) is 0 Å². The molecule has 154 valence electrons. The van der Waals surface area contributed by atoms with E-state index in [0.717, 1.165) is 43.4 Å². The number of nitrogens with one attached hydrogen (secondary N) is 1. The first-order chi connectivity index (χ1) is 14.1. The van der Waals surface area contributed by atoms with Crippen molar-refractivity contribution in [1.82, 2.24) is 15.2 Å². The van der Waals surface area contributed by atoms with Crippen LogP contribution in [0, 0.1) is 5.92 Å². The second kappa shape index (κ2) is 8.93. The summed E-state index contributed by atoms with van der Waals surface area (Å²) in [5.74, 6) is 0.932. The molecule has 2 fully saturated rings. The van der Waals surface area contributed by atoms with Gasteiger partial charge in [0.2, 0.25) is 0 Å². The Morgan fingerprint density at radius 1 is 1.17 bits per heavy atom. The molecule has 1 aromatic carbocycles.